The molecular weight excluding hydrogens is 244 g/mol. The SMILES string of the molecule is CC(=O)c1c(C)nsc1NCC1C(C)(C)C1(C)C. The molecule has 0 aromatic carbocycles. The third-order valence-corrected chi connectivity index (χ3v) is 5.90. The fourth-order valence-electron chi connectivity index (χ4n) is 2.94. The molecule has 0 unspecified atom stereocenters. The molecule has 1 aliphatic rings. The summed E-state index contributed by atoms with van der Waals surface area (Å²) >= 11 is 1.39. The molecule has 1 fully saturated rings. The molecule has 1 N–H and O–H groups in total. The molecule has 0 aliphatic heterocycles. The maximum Gasteiger partial charge on any atom is 0.164 e. The van der Waals surface area contributed by atoms with Crippen LogP contribution in [0.25, 0.3) is 0 Å². The summed E-state index contributed by atoms with van der Waals surface area (Å²) in [5, 5.41) is 4.35. The number of nitrogens with one attached hydrogen (secondary N) is 1. The molecule has 0 amide bonds. The number of hydrogen-bond acceptors (Lipinski definition) is 4. The Morgan fingerprint density at radius 3 is 2.33 bits per heavy atom. The van der Waals surface area contributed by atoms with Crippen LogP contribution in [0.4, 0.5) is 5.00 Å². The molecular formula is C14H22N2OS. The Hall–Kier alpha value is -0.900. The average Bonchev–Trinajstić information content (AvgIpc) is 2.56. The standard InChI is InChI=1S/C14H22N2OS/c1-8-11(9(2)17)12(18-16-8)15-7-10-13(3,4)14(10,5)6/h10,15H,7H2,1-6H3. The summed E-state index contributed by atoms with van der Waals surface area (Å²) in [7, 11) is 0. The average molecular weight is 266 g/mol. The fourth-order valence-corrected chi connectivity index (χ4v) is 3.79. The number of ketones is 1. The molecule has 18 heavy (non-hydrogen) atoms. The van der Waals surface area contributed by atoms with Crippen LogP contribution in [0.3, 0.4) is 0 Å². The molecule has 100 valence electrons. The number of aromatic nitrogens is 1. The second-order valence-corrected chi connectivity index (χ2v) is 7.18. The molecule has 1 saturated carbocycles. The predicted octanol–water partition coefficient (Wildman–Crippen LogP) is 3.75. The van der Waals surface area contributed by atoms with Gasteiger partial charge in [0.25, 0.3) is 0 Å². The number of carbonyl (C=O) groups is 1. The molecule has 0 bridgehead atoms. The lowest BCUT2D eigenvalue weighted by atomic mass is 10.0. The molecule has 0 spiro atoms. The predicted molar refractivity (Wildman–Crippen MR) is 76.4 cm³/mol. The summed E-state index contributed by atoms with van der Waals surface area (Å²) in [6, 6.07) is 0. The topological polar surface area (TPSA) is 42.0 Å². The van der Waals surface area contributed by atoms with E-state index in [0.29, 0.717) is 16.7 Å². The highest BCUT2D eigenvalue weighted by Crippen LogP contribution is 2.68. The number of hydrogen-bond donors (Lipinski definition) is 1. The van der Waals surface area contributed by atoms with Gasteiger partial charge in [-0.15, -0.1) is 0 Å². The monoisotopic (exact) mass is 266 g/mol. The van der Waals surface area contributed by atoms with Crippen molar-refractivity contribution in [1.82, 2.24) is 4.37 Å². The summed E-state index contributed by atoms with van der Waals surface area (Å²) in [6.07, 6.45) is 0. The molecule has 1 aliphatic carbocycles. The van der Waals surface area contributed by atoms with Gasteiger partial charge >= 0.3 is 0 Å². The largest absolute Gasteiger partial charge is 0.375 e. The lowest BCUT2D eigenvalue weighted by Crippen LogP contribution is -2.09. The minimum atomic E-state index is 0.0954. The van der Waals surface area contributed by atoms with E-state index in [9.17, 15) is 4.79 Å². The van der Waals surface area contributed by atoms with Crippen molar-refractivity contribution in [1.29, 1.82) is 0 Å². The summed E-state index contributed by atoms with van der Waals surface area (Å²) in [6.45, 7) is 13.6. The smallest absolute Gasteiger partial charge is 0.164 e. The van der Waals surface area contributed by atoms with Gasteiger partial charge in [0.1, 0.15) is 5.00 Å². The normalized spacial score (nSPS) is 20.8. The van der Waals surface area contributed by atoms with Crippen molar-refractivity contribution in [3.8, 4) is 0 Å². The Morgan fingerprint density at radius 1 is 1.33 bits per heavy atom. The number of nitrogens with zero attached hydrogens (tertiary/aromatic N) is 1. The highest BCUT2D eigenvalue weighted by atomic mass is 32.1. The quantitative estimate of drug-likeness (QED) is 0.844. The van der Waals surface area contributed by atoms with E-state index >= 15 is 0 Å². The lowest BCUT2D eigenvalue weighted by molar-refractivity contribution is 0.101. The van der Waals surface area contributed by atoms with Gasteiger partial charge in [0, 0.05) is 6.54 Å². The van der Waals surface area contributed by atoms with E-state index in [1.54, 1.807) is 6.92 Å². The van der Waals surface area contributed by atoms with Gasteiger partial charge < -0.3 is 5.32 Å². The maximum atomic E-state index is 11.6. The van der Waals surface area contributed by atoms with Crippen molar-refractivity contribution in [2.75, 3.05) is 11.9 Å². The van der Waals surface area contributed by atoms with Crippen LogP contribution in [0, 0.1) is 23.7 Å². The van der Waals surface area contributed by atoms with Gasteiger partial charge in [0.05, 0.1) is 11.3 Å². The van der Waals surface area contributed by atoms with Crippen LogP contribution in [0.1, 0.15) is 50.7 Å². The molecule has 0 radical (unpaired) electrons. The second kappa shape index (κ2) is 4.05. The van der Waals surface area contributed by atoms with Crippen LogP contribution in [0.15, 0.2) is 0 Å². The Bertz CT molecular complexity index is 474. The molecule has 1 aromatic heterocycles. The van der Waals surface area contributed by atoms with Crippen LogP contribution in [0.2, 0.25) is 0 Å². The zero-order valence-corrected chi connectivity index (χ0v) is 12.9. The Morgan fingerprint density at radius 2 is 1.89 bits per heavy atom. The summed E-state index contributed by atoms with van der Waals surface area (Å²) < 4.78 is 4.27. The highest BCUT2D eigenvalue weighted by Gasteiger charge is 2.64. The van der Waals surface area contributed by atoms with E-state index < -0.39 is 0 Å². The van der Waals surface area contributed by atoms with Crippen LogP contribution >= 0.6 is 11.5 Å². The first-order valence-corrected chi connectivity index (χ1v) is 7.18. The molecule has 4 heteroatoms. The summed E-state index contributed by atoms with van der Waals surface area (Å²) in [5.74, 6) is 0.741. The third kappa shape index (κ3) is 1.87. The third-order valence-electron chi connectivity index (χ3n) is 5.00. The number of anilines is 1. The van der Waals surface area contributed by atoms with Crippen molar-refractivity contribution < 1.29 is 4.79 Å². The molecule has 2 rings (SSSR count). The Kier molecular flexibility index (Phi) is 3.05. The molecule has 0 atom stereocenters. The summed E-state index contributed by atoms with van der Waals surface area (Å²) in [5.41, 5.74) is 2.34. The van der Waals surface area contributed by atoms with Gasteiger partial charge in [-0.1, -0.05) is 27.7 Å². The zero-order chi connectivity index (χ0) is 13.7. The van der Waals surface area contributed by atoms with Gasteiger partial charge in [-0.2, -0.15) is 4.37 Å². The van der Waals surface area contributed by atoms with E-state index in [1.807, 2.05) is 6.92 Å². The number of carbonyl (C=O) groups excluding carboxylic acids is 1. The maximum absolute atomic E-state index is 11.6. The Labute approximate surface area is 113 Å². The first-order chi connectivity index (χ1) is 8.19. The van der Waals surface area contributed by atoms with Crippen LogP contribution < -0.4 is 5.32 Å². The van der Waals surface area contributed by atoms with Gasteiger partial charge in [0.15, 0.2) is 5.78 Å². The number of Topliss-reactive ketones (excluding diaryl/α,β-unsaturated/α-hetero) is 1. The minimum absolute atomic E-state index is 0.0954. The van der Waals surface area contributed by atoms with Gasteiger partial charge in [-0.05, 0) is 42.1 Å². The van der Waals surface area contributed by atoms with Crippen molar-refractivity contribution in [3.63, 3.8) is 0 Å². The van der Waals surface area contributed by atoms with Gasteiger partial charge in [-0.3, -0.25) is 4.79 Å². The van der Waals surface area contributed by atoms with Crippen LogP contribution in [-0.4, -0.2) is 16.7 Å². The van der Waals surface area contributed by atoms with E-state index in [-0.39, 0.29) is 5.78 Å². The number of aryl methyl sites for hydroxylation is 1. The minimum Gasteiger partial charge on any atom is -0.375 e. The van der Waals surface area contributed by atoms with Crippen molar-refractivity contribution in [3.05, 3.63) is 11.3 Å². The first kappa shape index (κ1) is 13.5. The molecule has 1 heterocycles. The zero-order valence-electron chi connectivity index (χ0n) is 12.0. The highest BCUT2D eigenvalue weighted by molar-refractivity contribution is 7.10. The van der Waals surface area contributed by atoms with Crippen LogP contribution in [-0.2, 0) is 0 Å². The lowest BCUT2D eigenvalue weighted by Gasteiger charge is -2.06. The summed E-state index contributed by atoms with van der Waals surface area (Å²) in [4.78, 5) is 11.6. The van der Waals surface area contributed by atoms with Gasteiger partial charge in [0.2, 0.25) is 0 Å². The number of rotatable bonds is 4. The van der Waals surface area contributed by atoms with Gasteiger partial charge in [-0.25, -0.2) is 0 Å². The fraction of sp³-hybridized carbons (Fsp3) is 0.714. The molecule has 0 saturated heterocycles. The van der Waals surface area contributed by atoms with Crippen molar-refractivity contribution >= 4 is 22.3 Å². The molecule has 3 nitrogen and oxygen atoms in total. The van der Waals surface area contributed by atoms with E-state index in [0.717, 1.165) is 22.8 Å². The van der Waals surface area contributed by atoms with E-state index in [2.05, 4.69) is 37.4 Å². The van der Waals surface area contributed by atoms with Crippen molar-refractivity contribution in [2.45, 2.75) is 41.5 Å². The van der Waals surface area contributed by atoms with E-state index in [4.69, 9.17) is 0 Å². The Balaban J connectivity index is 2.07. The molecule has 1 aromatic rings. The van der Waals surface area contributed by atoms with Crippen LogP contribution in [0.5, 0.6) is 0 Å². The second-order valence-electron chi connectivity index (χ2n) is 6.41. The van der Waals surface area contributed by atoms with E-state index in [1.165, 1.54) is 11.5 Å². The first-order valence-electron chi connectivity index (χ1n) is 6.40. The van der Waals surface area contributed by atoms with Crippen molar-refractivity contribution in [2.24, 2.45) is 16.7 Å².